The van der Waals surface area contributed by atoms with Gasteiger partial charge in [0, 0.05) is 31.7 Å². The maximum absolute atomic E-state index is 4.45. The van der Waals surface area contributed by atoms with Crippen LogP contribution < -0.4 is 4.90 Å². The normalized spacial score (nSPS) is 25.3. The molecule has 0 spiro atoms. The third-order valence-electron chi connectivity index (χ3n) is 4.71. The quantitative estimate of drug-likeness (QED) is 0.843. The molecule has 2 aliphatic heterocycles. The summed E-state index contributed by atoms with van der Waals surface area (Å²) in [5, 5.41) is 8.85. The number of likely N-dealkylation sites (tertiary alicyclic amines) is 1. The molecule has 2 aromatic rings. The minimum Gasteiger partial charge on any atom is -0.354 e. The lowest BCUT2D eigenvalue weighted by Crippen LogP contribution is -2.27. The molecule has 2 atom stereocenters. The summed E-state index contributed by atoms with van der Waals surface area (Å²) in [6, 6.07) is 14.4. The first kappa shape index (κ1) is 12.8. The maximum Gasteiger partial charge on any atom is 0.151 e. The molecule has 3 heterocycles. The molecule has 2 saturated heterocycles. The van der Waals surface area contributed by atoms with Crippen molar-refractivity contribution in [2.45, 2.75) is 0 Å². The van der Waals surface area contributed by atoms with Crippen LogP contribution in [0.5, 0.6) is 0 Å². The van der Waals surface area contributed by atoms with Gasteiger partial charge >= 0.3 is 0 Å². The summed E-state index contributed by atoms with van der Waals surface area (Å²) in [7, 11) is 2.22. The van der Waals surface area contributed by atoms with Crippen LogP contribution in [-0.2, 0) is 0 Å². The Morgan fingerprint density at radius 1 is 0.857 bits per heavy atom. The average Bonchev–Trinajstić information content (AvgIpc) is 3.06. The van der Waals surface area contributed by atoms with Gasteiger partial charge in [-0.15, -0.1) is 10.2 Å². The molecule has 0 saturated carbocycles. The Morgan fingerprint density at radius 2 is 1.57 bits per heavy atom. The second kappa shape index (κ2) is 5.11. The Morgan fingerprint density at radius 3 is 2.19 bits per heavy atom. The lowest BCUT2D eigenvalue weighted by atomic mass is 10.0. The Balaban J connectivity index is 1.50. The van der Waals surface area contributed by atoms with E-state index in [1.54, 1.807) is 0 Å². The summed E-state index contributed by atoms with van der Waals surface area (Å²) in [5.74, 6) is 2.61. The summed E-state index contributed by atoms with van der Waals surface area (Å²) in [6.07, 6.45) is 0. The highest BCUT2D eigenvalue weighted by atomic mass is 15.3. The van der Waals surface area contributed by atoms with Crippen molar-refractivity contribution in [3.05, 3.63) is 42.5 Å². The van der Waals surface area contributed by atoms with Crippen LogP contribution in [0.25, 0.3) is 11.3 Å². The molecule has 0 N–H and O–H groups in total. The smallest absolute Gasteiger partial charge is 0.151 e. The van der Waals surface area contributed by atoms with Crippen molar-refractivity contribution in [1.82, 2.24) is 15.1 Å². The maximum atomic E-state index is 4.45. The lowest BCUT2D eigenvalue weighted by molar-refractivity contribution is 0.387. The minimum absolute atomic E-state index is 0.797. The molecule has 0 unspecified atom stereocenters. The van der Waals surface area contributed by atoms with Gasteiger partial charge in [0.05, 0.1) is 5.69 Å². The van der Waals surface area contributed by atoms with Gasteiger partial charge < -0.3 is 9.80 Å². The second-order valence-electron chi connectivity index (χ2n) is 6.29. The van der Waals surface area contributed by atoms with Crippen molar-refractivity contribution >= 4 is 5.82 Å². The summed E-state index contributed by atoms with van der Waals surface area (Å²) in [6.45, 7) is 4.68. The molecule has 0 radical (unpaired) electrons. The first-order valence-corrected chi connectivity index (χ1v) is 7.62. The van der Waals surface area contributed by atoms with E-state index >= 15 is 0 Å². The number of hydrogen-bond acceptors (Lipinski definition) is 4. The highest BCUT2D eigenvalue weighted by Crippen LogP contribution is 2.32. The summed E-state index contributed by atoms with van der Waals surface area (Å²) < 4.78 is 0. The van der Waals surface area contributed by atoms with Crippen LogP contribution >= 0.6 is 0 Å². The zero-order valence-corrected chi connectivity index (χ0v) is 12.3. The van der Waals surface area contributed by atoms with Crippen molar-refractivity contribution in [2.75, 3.05) is 38.1 Å². The predicted octanol–water partition coefficient (Wildman–Crippen LogP) is 2.14. The highest BCUT2D eigenvalue weighted by Gasteiger charge is 2.39. The van der Waals surface area contributed by atoms with Gasteiger partial charge in [0.15, 0.2) is 5.82 Å². The van der Waals surface area contributed by atoms with Crippen LogP contribution in [0.15, 0.2) is 42.5 Å². The first-order chi connectivity index (χ1) is 10.3. The van der Waals surface area contributed by atoms with Crippen LogP contribution in [0, 0.1) is 11.8 Å². The first-order valence-electron chi connectivity index (χ1n) is 7.62. The molecule has 4 rings (SSSR count). The third-order valence-corrected chi connectivity index (χ3v) is 4.71. The van der Waals surface area contributed by atoms with Crippen LogP contribution in [-0.4, -0.2) is 48.3 Å². The van der Waals surface area contributed by atoms with Gasteiger partial charge in [-0.05, 0) is 31.0 Å². The van der Waals surface area contributed by atoms with E-state index in [1.807, 2.05) is 18.2 Å². The molecule has 2 aliphatic rings. The zero-order valence-electron chi connectivity index (χ0n) is 12.3. The van der Waals surface area contributed by atoms with E-state index in [9.17, 15) is 0 Å². The zero-order chi connectivity index (χ0) is 14.2. The van der Waals surface area contributed by atoms with Crippen LogP contribution in [0.2, 0.25) is 0 Å². The van der Waals surface area contributed by atoms with Gasteiger partial charge in [-0.1, -0.05) is 30.3 Å². The molecular formula is C17H20N4. The van der Waals surface area contributed by atoms with Crippen molar-refractivity contribution in [1.29, 1.82) is 0 Å². The lowest BCUT2D eigenvalue weighted by Gasteiger charge is -2.19. The van der Waals surface area contributed by atoms with Crippen molar-refractivity contribution in [3.63, 3.8) is 0 Å². The number of aromatic nitrogens is 2. The number of benzene rings is 1. The highest BCUT2D eigenvalue weighted by molar-refractivity contribution is 5.59. The molecule has 108 valence electrons. The number of fused-ring (bicyclic) bond motifs is 1. The fourth-order valence-corrected chi connectivity index (χ4v) is 3.67. The number of rotatable bonds is 2. The largest absolute Gasteiger partial charge is 0.354 e. The van der Waals surface area contributed by atoms with Gasteiger partial charge in [0.25, 0.3) is 0 Å². The van der Waals surface area contributed by atoms with Crippen molar-refractivity contribution in [3.8, 4) is 11.3 Å². The van der Waals surface area contributed by atoms with Gasteiger partial charge in [0.1, 0.15) is 0 Å². The standard InChI is InChI=1S/C17H20N4/c1-20-9-14-11-21(12-15(14)10-20)17-8-7-16(18-19-17)13-5-3-2-4-6-13/h2-8,14-15H,9-12H2,1H3/t14-,15-/m1/s1. The molecule has 0 bridgehead atoms. The Hall–Kier alpha value is -1.94. The summed E-state index contributed by atoms with van der Waals surface area (Å²) in [4.78, 5) is 4.83. The monoisotopic (exact) mass is 280 g/mol. The summed E-state index contributed by atoms with van der Waals surface area (Å²) in [5.41, 5.74) is 2.06. The number of nitrogens with zero attached hydrogens (tertiary/aromatic N) is 4. The second-order valence-corrected chi connectivity index (χ2v) is 6.29. The molecule has 0 amide bonds. The SMILES string of the molecule is CN1C[C@@H]2CN(c3ccc(-c4ccccc4)nn3)C[C@H]2C1. The summed E-state index contributed by atoms with van der Waals surface area (Å²) >= 11 is 0. The molecule has 4 nitrogen and oxygen atoms in total. The van der Waals surface area contributed by atoms with E-state index in [2.05, 4.69) is 51.3 Å². The molecule has 4 heteroatoms. The van der Waals surface area contributed by atoms with E-state index in [-0.39, 0.29) is 0 Å². The van der Waals surface area contributed by atoms with Crippen molar-refractivity contribution < 1.29 is 0 Å². The minimum atomic E-state index is 0.797. The molecule has 0 aliphatic carbocycles. The Kier molecular flexibility index (Phi) is 3.11. The molecule has 1 aromatic heterocycles. The third kappa shape index (κ3) is 2.40. The number of hydrogen-bond donors (Lipinski definition) is 0. The average molecular weight is 280 g/mol. The fraction of sp³-hybridized carbons (Fsp3) is 0.412. The van der Waals surface area contributed by atoms with Gasteiger partial charge in [-0.3, -0.25) is 0 Å². The van der Waals surface area contributed by atoms with Crippen LogP contribution in [0.3, 0.4) is 0 Å². The van der Waals surface area contributed by atoms with E-state index in [1.165, 1.54) is 13.1 Å². The van der Waals surface area contributed by atoms with E-state index in [0.29, 0.717) is 0 Å². The molecule has 21 heavy (non-hydrogen) atoms. The van der Waals surface area contributed by atoms with Gasteiger partial charge in [-0.2, -0.15) is 0 Å². The van der Waals surface area contributed by atoms with Crippen LogP contribution in [0.4, 0.5) is 5.82 Å². The van der Waals surface area contributed by atoms with Gasteiger partial charge in [-0.25, -0.2) is 0 Å². The molecule has 2 fully saturated rings. The Labute approximate surface area is 125 Å². The van der Waals surface area contributed by atoms with E-state index < -0.39 is 0 Å². The Bertz CT molecular complexity index is 596. The van der Waals surface area contributed by atoms with Crippen LogP contribution in [0.1, 0.15) is 0 Å². The topological polar surface area (TPSA) is 32.3 Å². The predicted molar refractivity (Wildman–Crippen MR) is 84.2 cm³/mol. The number of anilines is 1. The molecule has 1 aromatic carbocycles. The van der Waals surface area contributed by atoms with Gasteiger partial charge in [0.2, 0.25) is 0 Å². The molecular weight excluding hydrogens is 260 g/mol. The van der Waals surface area contributed by atoms with E-state index in [4.69, 9.17) is 0 Å². The van der Waals surface area contributed by atoms with E-state index in [0.717, 1.165) is 42.0 Å². The van der Waals surface area contributed by atoms with Crippen molar-refractivity contribution in [2.24, 2.45) is 11.8 Å². The fourth-order valence-electron chi connectivity index (χ4n) is 3.67.